The van der Waals surface area contributed by atoms with Crippen molar-refractivity contribution in [2.45, 2.75) is 31.5 Å². The molecule has 2 heteroatoms. The SMILES string of the molecule is O[C@H]1[C@H]2CC[C@@H](C2)[C@@H]1O. The summed E-state index contributed by atoms with van der Waals surface area (Å²) in [6, 6.07) is 0. The van der Waals surface area contributed by atoms with Gasteiger partial charge in [0.05, 0.1) is 12.2 Å². The van der Waals surface area contributed by atoms with Gasteiger partial charge in [0.1, 0.15) is 0 Å². The highest BCUT2D eigenvalue weighted by atomic mass is 16.3. The summed E-state index contributed by atoms with van der Waals surface area (Å²) < 4.78 is 0. The third kappa shape index (κ3) is 0.634. The van der Waals surface area contributed by atoms with E-state index in [1.54, 1.807) is 0 Å². The van der Waals surface area contributed by atoms with Crippen molar-refractivity contribution in [1.82, 2.24) is 0 Å². The van der Waals surface area contributed by atoms with Gasteiger partial charge in [-0.15, -0.1) is 0 Å². The minimum atomic E-state index is -0.399. The van der Waals surface area contributed by atoms with Crippen LogP contribution in [0.5, 0.6) is 0 Å². The van der Waals surface area contributed by atoms with E-state index < -0.39 is 12.2 Å². The lowest BCUT2D eigenvalue weighted by molar-refractivity contribution is -0.0160. The van der Waals surface area contributed by atoms with Gasteiger partial charge in [0, 0.05) is 0 Å². The second-order valence-corrected chi connectivity index (χ2v) is 3.31. The van der Waals surface area contributed by atoms with Gasteiger partial charge in [0.25, 0.3) is 0 Å². The predicted molar refractivity (Wildman–Crippen MR) is 32.8 cm³/mol. The number of aliphatic hydroxyl groups excluding tert-OH is 2. The summed E-state index contributed by atoms with van der Waals surface area (Å²) in [6.45, 7) is 0. The molecule has 9 heavy (non-hydrogen) atoms. The lowest BCUT2D eigenvalue weighted by atomic mass is 9.95. The zero-order chi connectivity index (χ0) is 6.43. The molecule has 2 N–H and O–H groups in total. The zero-order valence-corrected chi connectivity index (χ0v) is 5.33. The van der Waals surface area contributed by atoms with Crippen LogP contribution in [0.3, 0.4) is 0 Å². The quantitative estimate of drug-likeness (QED) is 0.487. The molecule has 0 saturated heterocycles. The summed E-state index contributed by atoms with van der Waals surface area (Å²) in [4.78, 5) is 0. The van der Waals surface area contributed by atoms with Crippen molar-refractivity contribution in [2.24, 2.45) is 11.8 Å². The van der Waals surface area contributed by atoms with E-state index in [1.165, 1.54) is 0 Å². The van der Waals surface area contributed by atoms with Crippen LogP contribution >= 0.6 is 0 Å². The fourth-order valence-corrected chi connectivity index (χ4v) is 2.23. The van der Waals surface area contributed by atoms with Crippen LogP contribution in [-0.2, 0) is 0 Å². The van der Waals surface area contributed by atoms with Crippen LogP contribution in [0, 0.1) is 11.8 Å². The Kier molecular flexibility index (Phi) is 1.08. The van der Waals surface area contributed by atoms with E-state index in [9.17, 15) is 10.2 Å². The van der Waals surface area contributed by atoms with Crippen LogP contribution in [0.4, 0.5) is 0 Å². The van der Waals surface area contributed by atoms with Crippen LogP contribution in [0.2, 0.25) is 0 Å². The molecule has 0 spiro atoms. The van der Waals surface area contributed by atoms with Crippen LogP contribution in [0.25, 0.3) is 0 Å². The molecule has 0 aromatic rings. The lowest BCUT2D eigenvalue weighted by Crippen LogP contribution is -2.31. The molecule has 52 valence electrons. The van der Waals surface area contributed by atoms with Gasteiger partial charge in [-0.1, -0.05) is 0 Å². The summed E-state index contributed by atoms with van der Waals surface area (Å²) in [5.74, 6) is 0.843. The van der Waals surface area contributed by atoms with Crippen LogP contribution < -0.4 is 0 Å². The number of aliphatic hydroxyl groups is 2. The lowest BCUT2D eigenvalue weighted by Gasteiger charge is -2.21. The number of hydrogen-bond donors (Lipinski definition) is 2. The molecule has 2 nitrogen and oxygen atoms in total. The number of rotatable bonds is 0. The summed E-state index contributed by atoms with van der Waals surface area (Å²) in [5, 5.41) is 18.5. The maximum atomic E-state index is 9.24. The Morgan fingerprint density at radius 1 is 0.889 bits per heavy atom. The van der Waals surface area contributed by atoms with Gasteiger partial charge in [-0.25, -0.2) is 0 Å². The molecule has 4 atom stereocenters. The number of fused-ring (bicyclic) bond motifs is 2. The molecule has 2 aliphatic carbocycles. The molecule has 0 aliphatic heterocycles. The summed E-state index contributed by atoms with van der Waals surface area (Å²) in [6.07, 6.45) is 2.51. The molecule has 2 rings (SSSR count). The molecular weight excluding hydrogens is 116 g/mol. The Balaban J connectivity index is 2.15. The van der Waals surface area contributed by atoms with Gasteiger partial charge in [-0.2, -0.15) is 0 Å². The molecule has 0 heterocycles. The van der Waals surface area contributed by atoms with Crippen molar-refractivity contribution in [1.29, 1.82) is 0 Å². The Labute approximate surface area is 54.5 Å². The maximum absolute atomic E-state index is 9.24. The molecule has 2 saturated carbocycles. The molecule has 0 radical (unpaired) electrons. The minimum Gasteiger partial charge on any atom is -0.390 e. The molecule has 2 bridgehead atoms. The van der Waals surface area contributed by atoms with Crippen molar-refractivity contribution >= 4 is 0 Å². The minimum absolute atomic E-state index is 0.399. The highest BCUT2D eigenvalue weighted by Gasteiger charge is 2.45. The van der Waals surface area contributed by atoms with E-state index >= 15 is 0 Å². The monoisotopic (exact) mass is 128 g/mol. The second-order valence-electron chi connectivity index (χ2n) is 3.31. The normalized spacial score (nSPS) is 56.7. The fourth-order valence-electron chi connectivity index (χ4n) is 2.23. The van der Waals surface area contributed by atoms with Crippen LogP contribution in [-0.4, -0.2) is 22.4 Å². The Morgan fingerprint density at radius 2 is 1.33 bits per heavy atom. The molecule has 0 amide bonds. The van der Waals surface area contributed by atoms with Crippen molar-refractivity contribution in [2.75, 3.05) is 0 Å². The van der Waals surface area contributed by atoms with Gasteiger partial charge in [0.15, 0.2) is 0 Å². The first-order valence-corrected chi connectivity index (χ1v) is 3.65. The van der Waals surface area contributed by atoms with Crippen molar-refractivity contribution in [3.63, 3.8) is 0 Å². The summed E-state index contributed by atoms with van der Waals surface area (Å²) >= 11 is 0. The van der Waals surface area contributed by atoms with Crippen LogP contribution in [0.1, 0.15) is 19.3 Å². The topological polar surface area (TPSA) is 40.5 Å². The van der Waals surface area contributed by atoms with E-state index in [0.717, 1.165) is 19.3 Å². The molecule has 2 aliphatic rings. The highest BCUT2D eigenvalue weighted by molar-refractivity contribution is 4.96. The molecule has 0 unspecified atom stereocenters. The Morgan fingerprint density at radius 3 is 1.56 bits per heavy atom. The summed E-state index contributed by atoms with van der Waals surface area (Å²) in [5.41, 5.74) is 0. The smallest absolute Gasteiger partial charge is 0.0830 e. The van der Waals surface area contributed by atoms with E-state index in [0.29, 0.717) is 11.8 Å². The van der Waals surface area contributed by atoms with Crippen LogP contribution in [0.15, 0.2) is 0 Å². The predicted octanol–water partition coefficient (Wildman–Crippen LogP) is 0.138. The third-order valence-electron chi connectivity index (χ3n) is 2.83. The van der Waals surface area contributed by atoms with Gasteiger partial charge in [-0.3, -0.25) is 0 Å². The van der Waals surface area contributed by atoms with Crippen molar-refractivity contribution in [3.05, 3.63) is 0 Å². The molecule has 2 fully saturated rings. The first-order valence-electron chi connectivity index (χ1n) is 3.65. The largest absolute Gasteiger partial charge is 0.390 e. The van der Waals surface area contributed by atoms with Gasteiger partial charge >= 0.3 is 0 Å². The number of hydrogen-bond acceptors (Lipinski definition) is 2. The first-order chi connectivity index (χ1) is 4.29. The fraction of sp³-hybridized carbons (Fsp3) is 1.00. The standard InChI is InChI=1S/C7H12O2/c8-6-4-1-2-5(3-4)7(6)9/h4-9H,1-3H2/t4-,5-,6-,7-/m0/s1. The maximum Gasteiger partial charge on any atom is 0.0830 e. The molecule has 0 aromatic carbocycles. The van der Waals surface area contributed by atoms with E-state index in [-0.39, 0.29) is 0 Å². The average molecular weight is 128 g/mol. The van der Waals surface area contributed by atoms with Gasteiger partial charge in [0.2, 0.25) is 0 Å². The molecular formula is C7H12O2. The van der Waals surface area contributed by atoms with E-state index in [4.69, 9.17) is 0 Å². The Hall–Kier alpha value is -0.0800. The van der Waals surface area contributed by atoms with E-state index in [1.807, 2.05) is 0 Å². The Bertz CT molecular complexity index is 106. The second kappa shape index (κ2) is 1.70. The first kappa shape index (κ1) is 5.69. The van der Waals surface area contributed by atoms with Gasteiger partial charge in [-0.05, 0) is 31.1 Å². The van der Waals surface area contributed by atoms with Gasteiger partial charge < -0.3 is 10.2 Å². The highest BCUT2D eigenvalue weighted by Crippen LogP contribution is 2.44. The zero-order valence-electron chi connectivity index (χ0n) is 5.33. The van der Waals surface area contributed by atoms with Crippen molar-refractivity contribution in [3.8, 4) is 0 Å². The third-order valence-corrected chi connectivity index (χ3v) is 2.83. The summed E-state index contributed by atoms with van der Waals surface area (Å²) in [7, 11) is 0. The molecule has 0 aromatic heterocycles. The average Bonchev–Trinajstić information content (AvgIpc) is 2.37. The van der Waals surface area contributed by atoms with E-state index in [2.05, 4.69) is 0 Å². The van der Waals surface area contributed by atoms with Crippen molar-refractivity contribution < 1.29 is 10.2 Å².